The lowest BCUT2D eigenvalue weighted by Gasteiger charge is -2.35. The van der Waals surface area contributed by atoms with Crippen LogP contribution >= 0.6 is 11.8 Å². The van der Waals surface area contributed by atoms with Crippen molar-refractivity contribution in [3.05, 3.63) is 0 Å². The molecule has 14 heavy (non-hydrogen) atoms. The molecular weight excluding hydrogens is 196 g/mol. The molecular formula is C11H20O2S. The summed E-state index contributed by atoms with van der Waals surface area (Å²) in [4.78, 5) is 10.4. The van der Waals surface area contributed by atoms with Gasteiger partial charge in [0.25, 0.3) is 0 Å². The van der Waals surface area contributed by atoms with E-state index in [0.29, 0.717) is 17.1 Å². The molecule has 3 heteroatoms. The minimum Gasteiger partial charge on any atom is -0.481 e. The molecule has 0 radical (unpaired) electrons. The third-order valence-electron chi connectivity index (χ3n) is 3.42. The first kappa shape index (κ1) is 11.9. The van der Waals surface area contributed by atoms with E-state index in [0.717, 1.165) is 6.42 Å². The first-order chi connectivity index (χ1) is 6.56. The van der Waals surface area contributed by atoms with Gasteiger partial charge >= 0.3 is 5.97 Å². The molecule has 0 unspecified atom stereocenters. The van der Waals surface area contributed by atoms with Crippen molar-refractivity contribution in [1.29, 1.82) is 0 Å². The van der Waals surface area contributed by atoms with Crippen LogP contribution in [0.25, 0.3) is 0 Å². The topological polar surface area (TPSA) is 37.3 Å². The first-order valence-corrected chi connectivity index (χ1v) is 6.55. The fraction of sp³-hybridized carbons (Fsp3) is 0.909. The minimum atomic E-state index is -0.650. The molecule has 2 nitrogen and oxygen atoms in total. The summed E-state index contributed by atoms with van der Waals surface area (Å²) in [5, 5.41) is 8.59. The summed E-state index contributed by atoms with van der Waals surface area (Å²) in [6.07, 6.45) is 8.32. The van der Waals surface area contributed by atoms with Crippen LogP contribution in [0.3, 0.4) is 0 Å². The number of carboxylic acid groups (broad SMARTS) is 1. The van der Waals surface area contributed by atoms with Gasteiger partial charge in [0.1, 0.15) is 0 Å². The fourth-order valence-electron chi connectivity index (χ4n) is 2.11. The molecule has 1 N–H and O–H groups in total. The Morgan fingerprint density at radius 2 is 2.07 bits per heavy atom. The van der Waals surface area contributed by atoms with Crippen molar-refractivity contribution < 1.29 is 9.90 Å². The molecule has 1 aliphatic rings. The molecule has 0 atom stereocenters. The number of carbonyl (C=O) groups is 1. The maximum absolute atomic E-state index is 10.4. The smallest absolute Gasteiger partial charge is 0.303 e. The highest BCUT2D eigenvalue weighted by atomic mass is 32.2. The Morgan fingerprint density at radius 1 is 1.50 bits per heavy atom. The number of thioether (sulfide) groups is 1. The van der Waals surface area contributed by atoms with E-state index in [1.54, 1.807) is 0 Å². The summed E-state index contributed by atoms with van der Waals surface area (Å²) < 4.78 is 0.458. The van der Waals surface area contributed by atoms with Crippen molar-refractivity contribution in [3.63, 3.8) is 0 Å². The monoisotopic (exact) mass is 216 g/mol. The van der Waals surface area contributed by atoms with E-state index in [-0.39, 0.29) is 0 Å². The van der Waals surface area contributed by atoms with Crippen LogP contribution in [0.2, 0.25) is 0 Å². The van der Waals surface area contributed by atoms with Gasteiger partial charge in [0.15, 0.2) is 0 Å². The number of carboxylic acids is 1. The molecule has 0 aromatic heterocycles. The normalized spacial score (nSPS) is 32.9. The Kier molecular flexibility index (Phi) is 4.30. The highest BCUT2D eigenvalue weighted by Gasteiger charge is 2.29. The average Bonchev–Trinajstić information content (AvgIpc) is 2.17. The van der Waals surface area contributed by atoms with Gasteiger partial charge in [-0.3, -0.25) is 4.79 Å². The summed E-state index contributed by atoms with van der Waals surface area (Å²) in [5.74, 6) is 0.00882. The third-order valence-corrected chi connectivity index (χ3v) is 4.82. The summed E-state index contributed by atoms with van der Waals surface area (Å²) in [5.41, 5.74) is 0. The van der Waals surface area contributed by atoms with Crippen LogP contribution in [0.15, 0.2) is 0 Å². The van der Waals surface area contributed by atoms with Crippen LogP contribution in [-0.2, 0) is 4.79 Å². The second kappa shape index (κ2) is 5.06. The molecule has 0 amide bonds. The van der Waals surface area contributed by atoms with Crippen LogP contribution in [0.4, 0.5) is 0 Å². The Bertz CT molecular complexity index is 195. The summed E-state index contributed by atoms with van der Waals surface area (Å²) >= 11 is 1.96. The second-order valence-corrected chi connectivity index (χ2v) is 5.92. The zero-order chi connectivity index (χ0) is 10.6. The van der Waals surface area contributed by atoms with Crippen molar-refractivity contribution in [3.8, 4) is 0 Å². The molecule has 1 aliphatic carbocycles. The zero-order valence-corrected chi connectivity index (χ0v) is 9.90. The zero-order valence-electron chi connectivity index (χ0n) is 9.08. The molecule has 0 aromatic carbocycles. The van der Waals surface area contributed by atoms with E-state index in [1.165, 1.54) is 25.7 Å². The molecule has 0 spiro atoms. The second-order valence-electron chi connectivity index (χ2n) is 4.53. The molecule has 1 fully saturated rings. The summed E-state index contributed by atoms with van der Waals surface area (Å²) in [6, 6.07) is 0. The Hall–Kier alpha value is -0.180. The van der Waals surface area contributed by atoms with Crippen LogP contribution in [-0.4, -0.2) is 22.1 Å². The predicted molar refractivity (Wildman–Crippen MR) is 60.7 cm³/mol. The molecule has 0 aliphatic heterocycles. The molecule has 82 valence electrons. The van der Waals surface area contributed by atoms with E-state index >= 15 is 0 Å². The van der Waals surface area contributed by atoms with Gasteiger partial charge in [0.2, 0.25) is 0 Å². The van der Waals surface area contributed by atoms with E-state index < -0.39 is 5.97 Å². The summed E-state index contributed by atoms with van der Waals surface area (Å²) in [7, 11) is 0. The molecule has 1 rings (SSSR count). The molecule has 0 bridgehead atoms. The van der Waals surface area contributed by atoms with Crippen molar-refractivity contribution >= 4 is 17.7 Å². The van der Waals surface area contributed by atoms with Crippen molar-refractivity contribution in [2.24, 2.45) is 5.92 Å². The summed E-state index contributed by atoms with van der Waals surface area (Å²) in [6.45, 7) is 2.32. The van der Waals surface area contributed by atoms with Gasteiger partial charge in [-0.2, -0.15) is 11.8 Å². The van der Waals surface area contributed by atoms with Crippen molar-refractivity contribution in [1.82, 2.24) is 0 Å². The first-order valence-electron chi connectivity index (χ1n) is 5.33. The Balaban J connectivity index is 2.25. The molecule has 1 saturated carbocycles. The highest BCUT2D eigenvalue weighted by Crippen LogP contribution is 2.41. The van der Waals surface area contributed by atoms with E-state index in [2.05, 4.69) is 13.2 Å². The van der Waals surface area contributed by atoms with Crippen LogP contribution in [0.1, 0.15) is 45.4 Å². The number of hydrogen-bond acceptors (Lipinski definition) is 2. The van der Waals surface area contributed by atoms with E-state index in [4.69, 9.17) is 5.11 Å². The standard InChI is InChI=1S/C11H20O2S/c1-11(14-2)7-5-9(6-8-11)3-4-10(12)13/h9H,3-8H2,1-2H3,(H,12,13)/t9-,11+. The highest BCUT2D eigenvalue weighted by molar-refractivity contribution is 7.99. The van der Waals surface area contributed by atoms with Gasteiger partial charge in [-0.1, -0.05) is 6.92 Å². The average molecular weight is 216 g/mol. The van der Waals surface area contributed by atoms with Gasteiger partial charge in [-0.25, -0.2) is 0 Å². The van der Waals surface area contributed by atoms with Crippen LogP contribution in [0, 0.1) is 5.92 Å². The number of rotatable bonds is 4. The maximum atomic E-state index is 10.4. The molecule has 0 aromatic rings. The van der Waals surface area contributed by atoms with Gasteiger partial charge in [-0.05, 0) is 44.3 Å². The van der Waals surface area contributed by atoms with Crippen molar-refractivity contribution in [2.75, 3.05) is 6.26 Å². The third kappa shape index (κ3) is 3.52. The van der Waals surface area contributed by atoms with Gasteiger partial charge in [0.05, 0.1) is 0 Å². The fourth-order valence-corrected chi connectivity index (χ4v) is 2.75. The van der Waals surface area contributed by atoms with E-state index in [1.807, 2.05) is 11.8 Å². The largest absolute Gasteiger partial charge is 0.481 e. The van der Waals surface area contributed by atoms with Gasteiger partial charge in [-0.15, -0.1) is 0 Å². The molecule has 0 heterocycles. The lowest BCUT2D eigenvalue weighted by molar-refractivity contribution is -0.137. The van der Waals surface area contributed by atoms with Gasteiger partial charge in [0, 0.05) is 11.2 Å². The van der Waals surface area contributed by atoms with Gasteiger partial charge < -0.3 is 5.11 Å². The Morgan fingerprint density at radius 3 is 2.50 bits per heavy atom. The van der Waals surface area contributed by atoms with Crippen molar-refractivity contribution in [2.45, 2.75) is 50.2 Å². The lowest BCUT2D eigenvalue weighted by atomic mass is 9.80. The minimum absolute atomic E-state index is 0.348. The number of aliphatic carboxylic acids is 1. The van der Waals surface area contributed by atoms with Crippen LogP contribution in [0.5, 0.6) is 0 Å². The van der Waals surface area contributed by atoms with Crippen LogP contribution < -0.4 is 0 Å². The Labute approximate surface area is 90.5 Å². The molecule has 0 saturated heterocycles. The van der Waals surface area contributed by atoms with E-state index in [9.17, 15) is 4.79 Å². The predicted octanol–water partition coefficient (Wildman–Crippen LogP) is 3.16. The quantitative estimate of drug-likeness (QED) is 0.784. The maximum Gasteiger partial charge on any atom is 0.303 e. The number of hydrogen-bond donors (Lipinski definition) is 1. The lowest BCUT2D eigenvalue weighted by Crippen LogP contribution is -2.27. The SMILES string of the molecule is CS[C@]1(C)CC[C@H](CCC(=O)O)CC1.